The minimum absolute atomic E-state index is 0.201. The molecule has 0 unspecified atom stereocenters. The minimum atomic E-state index is -0.201. The molecule has 5 heteroatoms. The van der Waals surface area contributed by atoms with Gasteiger partial charge in [0.05, 0.1) is 14.6 Å². The van der Waals surface area contributed by atoms with Gasteiger partial charge in [-0.1, -0.05) is 26.2 Å². The Bertz CT molecular complexity index is 644. The third kappa shape index (κ3) is 2.52. The van der Waals surface area contributed by atoms with Gasteiger partial charge in [-0.15, -0.1) is 0 Å². The number of benzene rings is 1. The Morgan fingerprint density at radius 3 is 2.75 bits per heavy atom. The van der Waals surface area contributed by atoms with E-state index < -0.39 is 0 Å². The number of nitrogen functional groups attached to an aromatic ring is 1. The number of fused-ring (bicyclic) bond motifs is 1. The van der Waals surface area contributed by atoms with Crippen LogP contribution in [0.25, 0.3) is 11.0 Å². The summed E-state index contributed by atoms with van der Waals surface area (Å²) < 4.78 is 16.4. The van der Waals surface area contributed by atoms with E-state index >= 15 is 0 Å². The highest BCUT2D eigenvalue weighted by molar-refractivity contribution is 14.1. The molecule has 3 rings (SSSR count). The number of nitrogens with two attached hydrogens (primary N) is 1. The number of halogens is 2. The average Bonchev–Trinajstić information content (AvgIpc) is 2.67. The topological polar surface area (TPSA) is 43.8 Å². The lowest BCUT2D eigenvalue weighted by Gasteiger charge is -2.34. The second-order valence-electron chi connectivity index (χ2n) is 6.18. The molecule has 2 aromatic rings. The Morgan fingerprint density at radius 1 is 1.35 bits per heavy atom. The van der Waals surface area contributed by atoms with Crippen LogP contribution < -0.4 is 5.73 Å². The van der Waals surface area contributed by atoms with Crippen molar-refractivity contribution >= 4 is 39.6 Å². The van der Waals surface area contributed by atoms with Gasteiger partial charge >= 0.3 is 0 Å². The number of imidazole rings is 1. The van der Waals surface area contributed by atoms with Crippen LogP contribution in [0, 0.1) is 14.8 Å². The van der Waals surface area contributed by atoms with Gasteiger partial charge in [0.2, 0.25) is 5.95 Å². The van der Waals surface area contributed by atoms with Gasteiger partial charge in [-0.3, -0.25) is 0 Å². The molecule has 0 saturated heterocycles. The molecule has 0 radical (unpaired) electrons. The average molecular weight is 387 g/mol. The van der Waals surface area contributed by atoms with Gasteiger partial charge in [-0.2, -0.15) is 0 Å². The molecule has 1 aromatic carbocycles. The van der Waals surface area contributed by atoms with E-state index in [1.165, 1.54) is 32.1 Å². The number of hydrogen-bond acceptors (Lipinski definition) is 2. The summed E-state index contributed by atoms with van der Waals surface area (Å²) in [5, 5.41) is 0. The molecule has 3 nitrogen and oxygen atoms in total. The molecule has 1 heterocycles. The fourth-order valence-corrected chi connectivity index (χ4v) is 3.70. The molecule has 0 aliphatic heterocycles. The Hall–Kier alpha value is -0.850. The Kier molecular flexibility index (Phi) is 3.64. The van der Waals surface area contributed by atoms with Crippen LogP contribution in [0.4, 0.5) is 10.3 Å². The molecular formula is C15H19FIN3. The van der Waals surface area contributed by atoms with Gasteiger partial charge in [0.1, 0.15) is 5.82 Å². The van der Waals surface area contributed by atoms with Crippen LogP contribution in [0.3, 0.4) is 0 Å². The fraction of sp³-hybridized carbons (Fsp3) is 0.533. The molecular weight excluding hydrogens is 368 g/mol. The van der Waals surface area contributed by atoms with E-state index in [2.05, 4.69) is 11.9 Å². The highest BCUT2D eigenvalue weighted by atomic mass is 127. The van der Waals surface area contributed by atoms with Crippen molar-refractivity contribution in [1.82, 2.24) is 9.55 Å². The number of anilines is 1. The lowest BCUT2D eigenvalue weighted by molar-refractivity contribution is 0.186. The first-order chi connectivity index (χ1) is 9.48. The maximum Gasteiger partial charge on any atom is 0.201 e. The molecule has 1 aromatic heterocycles. The van der Waals surface area contributed by atoms with Crippen molar-refractivity contribution in [3.63, 3.8) is 0 Å². The summed E-state index contributed by atoms with van der Waals surface area (Å²) in [6, 6.07) is 3.33. The van der Waals surface area contributed by atoms with Gasteiger partial charge in [-0.25, -0.2) is 9.37 Å². The second-order valence-corrected chi connectivity index (χ2v) is 7.34. The van der Waals surface area contributed by atoms with Crippen molar-refractivity contribution in [1.29, 1.82) is 0 Å². The van der Waals surface area contributed by atoms with Crippen LogP contribution in [-0.2, 0) is 6.54 Å². The number of hydrogen-bond donors (Lipinski definition) is 1. The van der Waals surface area contributed by atoms with Crippen LogP contribution in [0.15, 0.2) is 12.1 Å². The summed E-state index contributed by atoms with van der Waals surface area (Å²) in [5.41, 5.74) is 7.90. The van der Waals surface area contributed by atoms with E-state index in [4.69, 9.17) is 5.73 Å². The summed E-state index contributed by atoms with van der Waals surface area (Å²) in [6.45, 7) is 3.13. The van der Waals surface area contributed by atoms with Crippen molar-refractivity contribution in [2.45, 2.75) is 45.6 Å². The zero-order chi connectivity index (χ0) is 14.3. The zero-order valence-corrected chi connectivity index (χ0v) is 13.8. The molecule has 1 aliphatic rings. The Balaban J connectivity index is 2.02. The third-order valence-electron chi connectivity index (χ3n) is 4.42. The number of rotatable bonds is 2. The van der Waals surface area contributed by atoms with Crippen molar-refractivity contribution in [3.05, 3.63) is 21.5 Å². The van der Waals surface area contributed by atoms with Crippen molar-refractivity contribution in [2.75, 3.05) is 5.73 Å². The van der Waals surface area contributed by atoms with Crippen LogP contribution in [0.1, 0.15) is 39.0 Å². The minimum Gasteiger partial charge on any atom is -0.369 e. The summed E-state index contributed by atoms with van der Waals surface area (Å²) in [5.74, 6) is 0.293. The van der Waals surface area contributed by atoms with Crippen molar-refractivity contribution in [3.8, 4) is 0 Å². The maximum absolute atomic E-state index is 13.8. The first-order valence-corrected chi connectivity index (χ1v) is 8.17. The molecule has 20 heavy (non-hydrogen) atoms. The van der Waals surface area contributed by atoms with E-state index in [1.807, 2.05) is 27.2 Å². The Labute approximate surface area is 131 Å². The van der Waals surface area contributed by atoms with Crippen molar-refractivity contribution < 1.29 is 4.39 Å². The molecule has 0 bridgehead atoms. The van der Waals surface area contributed by atoms with Gasteiger partial charge in [0.15, 0.2) is 0 Å². The highest BCUT2D eigenvalue weighted by Crippen LogP contribution is 2.38. The zero-order valence-electron chi connectivity index (χ0n) is 11.6. The van der Waals surface area contributed by atoms with Crippen LogP contribution >= 0.6 is 22.6 Å². The predicted octanol–water partition coefficient (Wildman–Crippen LogP) is 4.33. The van der Waals surface area contributed by atoms with E-state index in [1.54, 1.807) is 12.1 Å². The molecule has 108 valence electrons. The van der Waals surface area contributed by atoms with E-state index in [0.29, 0.717) is 9.52 Å². The van der Waals surface area contributed by atoms with Crippen molar-refractivity contribution in [2.24, 2.45) is 5.41 Å². The lowest BCUT2D eigenvalue weighted by atomic mass is 9.75. The van der Waals surface area contributed by atoms with E-state index in [9.17, 15) is 4.39 Å². The highest BCUT2D eigenvalue weighted by Gasteiger charge is 2.28. The molecule has 0 spiro atoms. The third-order valence-corrected chi connectivity index (χ3v) is 5.25. The first kappa shape index (κ1) is 14.1. The monoisotopic (exact) mass is 387 g/mol. The smallest absolute Gasteiger partial charge is 0.201 e. The number of aromatic nitrogens is 2. The molecule has 1 fully saturated rings. The normalized spacial score (nSPS) is 18.6. The largest absolute Gasteiger partial charge is 0.369 e. The van der Waals surface area contributed by atoms with Gasteiger partial charge in [0.25, 0.3) is 0 Å². The summed E-state index contributed by atoms with van der Waals surface area (Å²) >= 11 is 1.99. The quantitative estimate of drug-likeness (QED) is 0.780. The molecule has 1 saturated carbocycles. The van der Waals surface area contributed by atoms with E-state index in [0.717, 1.165) is 17.6 Å². The summed E-state index contributed by atoms with van der Waals surface area (Å²) in [4.78, 5) is 4.38. The molecule has 0 atom stereocenters. The van der Waals surface area contributed by atoms with Gasteiger partial charge < -0.3 is 10.3 Å². The molecule has 1 aliphatic carbocycles. The van der Waals surface area contributed by atoms with Gasteiger partial charge in [-0.05, 0) is 46.9 Å². The summed E-state index contributed by atoms with van der Waals surface area (Å²) in [7, 11) is 0. The number of nitrogens with zero attached hydrogens (tertiary/aromatic N) is 2. The Morgan fingerprint density at radius 2 is 2.05 bits per heavy atom. The molecule has 0 amide bonds. The van der Waals surface area contributed by atoms with Crippen LogP contribution in [0.2, 0.25) is 0 Å². The van der Waals surface area contributed by atoms with Crippen LogP contribution in [-0.4, -0.2) is 9.55 Å². The maximum atomic E-state index is 13.8. The van der Waals surface area contributed by atoms with E-state index in [-0.39, 0.29) is 11.2 Å². The lowest BCUT2D eigenvalue weighted by Crippen LogP contribution is -2.26. The van der Waals surface area contributed by atoms with Crippen LogP contribution in [0.5, 0.6) is 0 Å². The predicted molar refractivity (Wildman–Crippen MR) is 88.0 cm³/mol. The molecule has 2 N–H and O–H groups in total. The fourth-order valence-electron chi connectivity index (χ4n) is 3.25. The SMILES string of the molecule is CC1(Cn2c(N)nc3cc(I)c(F)cc32)CCCCC1. The standard InChI is InChI=1S/C15H19FIN3/c1-15(5-3-2-4-6-15)9-20-13-7-10(16)11(17)8-12(13)19-14(20)18/h7-8H,2-6,9H2,1H3,(H2,18,19). The second kappa shape index (κ2) is 5.16. The first-order valence-electron chi connectivity index (χ1n) is 7.09. The van der Waals surface area contributed by atoms with Gasteiger partial charge in [0, 0.05) is 12.6 Å². The summed E-state index contributed by atoms with van der Waals surface area (Å²) in [6.07, 6.45) is 6.28.